The minimum Gasteiger partial charge on any atom is -0.481 e. The summed E-state index contributed by atoms with van der Waals surface area (Å²) in [5.74, 6) is -0.0270. The summed E-state index contributed by atoms with van der Waals surface area (Å²) in [5, 5.41) is 7.25. The highest BCUT2D eigenvalue weighted by atomic mass is 19.3. The van der Waals surface area contributed by atoms with Crippen molar-refractivity contribution in [3.63, 3.8) is 0 Å². The van der Waals surface area contributed by atoms with E-state index in [2.05, 4.69) is 4.74 Å². The fraction of sp³-hybridized carbons (Fsp3) is 0.222. The van der Waals surface area contributed by atoms with Crippen LogP contribution in [0, 0.1) is 5.41 Å². The summed E-state index contributed by atoms with van der Waals surface area (Å²) in [7, 11) is 1.36. The Balaban J connectivity index is 2.87. The largest absolute Gasteiger partial charge is 0.481 e. The van der Waals surface area contributed by atoms with Gasteiger partial charge in [0.2, 0.25) is 5.90 Å². The van der Waals surface area contributed by atoms with Crippen molar-refractivity contribution in [2.24, 2.45) is 0 Å². The van der Waals surface area contributed by atoms with Crippen molar-refractivity contribution >= 4 is 5.90 Å². The average molecular weight is 185 g/mol. The van der Waals surface area contributed by atoms with E-state index >= 15 is 0 Å². The first kappa shape index (κ1) is 9.64. The van der Waals surface area contributed by atoms with Crippen LogP contribution in [0.1, 0.15) is 17.6 Å². The van der Waals surface area contributed by atoms with Crippen LogP contribution in [0.25, 0.3) is 0 Å². The minimum atomic E-state index is -2.47. The van der Waals surface area contributed by atoms with Crippen LogP contribution in [0.3, 0.4) is 0 Å². The van der Waals surface area contributed by atoms with E-state index in [0.717, 1.165) is 0 Å². The van der Waals surface area contributed by atoms with Gasteiger partial charge < -0.3 is 4.74 Å². The van der Waals surface area contributed by atoms with E-state index in [-0.39, 0.29) is 11.5 Å². The molecule has 0 aliphatic carbocycles. The lowest BCUT2D eigenvalue weighted by Gasteiger charge is -2.03. The van der Waals surface area contributed by atoms with Crippen molar-refractivity contribution in [2.45, 2.75) is 6.43 Å². The molecular formula is C9H9F2NO. The molecule has 0 fully saturated rings. The standard InChI is InChI=1S/C9H9F2NO/c1-13-9(12)7-4-2-6(3-5-7)8(10)11/h2-5,8,12H,1H3. The highest BCUT2D eigenvalue weighted by Gasteiger charge is 2.07. The number of ether oxygens (including phenoxy) is 1. The predicted octanol–water partition coefficient (Wildman–Crippen LogP) is 2.60. The van der Waals surface area contributed by atoms with E-state index in [0.29, 0.717) is 5.56 Å². The van der Waals surface area contributed by atoms with Gasteiger partial charge in [-0.05, 0) is 12.1 Å². The number of alkyl halides is 2. The molecule has 0 saturated carbocycles. The van der Waals surface area contributed by atoms with Crippen LogP contribution in [0.5, 0.6) is 0 Å². The second-order valence-electron chi connectivity index (χ2n) is 2.46. The van der Waals surface area contributed by atoms with Crippen LogP contribution in [-0.4, -0.2) is 13.0 Å². The van der Waals surface area contributed by atoms with E-state index in [1.807, 2.05) is 0 Å². The van der Waals surface area contributed by atoms with E-state index < -0.39 is 6.43 Å². The predicted molar refractivity (Wildman–Crippen MR) is 45.2 cm³/mol. The molecule has 1 rings (SSSR count). The normalized spacial score (nSPS) is 10.2. The first-order valence-corrected chi connectivity index (χ1v) is 3.66. The Labute approximate surface area is 74.7 Å². The third kappa shape index (κ3) is 2.24. The molecule has 0 unspecified atom stereocenters. The van der Waals surface area contributed by atoms with Crippen molar-refractivity contribution in [1.82, 2.24) is 0 Å². The maximum absolute atomic E-state index is 12.1. The van der Waals surface area contributed by atoms with Crippen LogP contribution >= 0.6 is 0 Å². The van der Waals surface area contributed by atoms with Gasteiger partial charge in [0.25, 0.3) is 6.43 Å². The second kappa shape index (κ2) is 3.98. The number of halogens is 2. The van der Waals surface area contributed by atoms with E-state index in [9.17, 15) is 8.78 Å². The minimum absolute atomic E-state index is 0.0270. The van der Waals surface area contributed by atoms with Gasteiger partial charge in [-0.25, -0.2) is 8.78 Å². The number of hydrogen-bond donors (Lipinski definition) is 1. The summed E-state index contributed by atoms with van der Waals surface area (Å²) in [6.45, 7) is 0. The first-order chi connectivity index (χ1) is 6.15. The average Bonchev–Trinajstić information content (AvgIpc) is 2.17. The van der Waals surface area contributed by atoms with Gasteiger partial charge in [0.05, 0.1) is 7.11 Å². The Hall–Kier alpha value is -1.45. The molecule has 0 aliphatic heterocycles. The van der Waals surface area contributed by atoms with Crippen LogP contribution in [0.4, 0.5) is 8.78 Å². The number of methoxy groups -OCH3 is 1. The zero-order valence-electron chi connectivity index (χ0n) is 7.05. The molecule has 0 bridgehead atoms. The van der Waals surface area contributed by atoms with Crippen molar-refractivity contribution in [3.05, 3.63) is 35.4 Å². The Morgan fingerprint density at radius 1 is 1.31 bits per heavy atom. The van der Waals surface area contributed by atoms with E-state index in [4.69, 9.17) is 5.41 Å². The molecule has 0 radical (unpaired) electrons. The van der Waals surface area contributed by atoms with Gasteiger partial charge in [0.1, 0.15) is 0 Å². The summed E-state index contributed by atoms with van der Waals surface area (Å²) >= 11 is 0. The van der Waals surface area contributed by atoms with Crippen molar-refractivity contribution in [2.75, 3.05) is 7.11 Å². The molecule has 0 heterocycles. The molecular weight excluding hydrogens is 176 g/mol. The smallest absolute Gasteiger partial charge is 0.263 e. The summed E-state index contributed by atoms with van der Waals surface area (Å²) in [5.41, 5.74) is 0.444. The number of nitrogens with one attached hydrogen (secondary N) is 1. The first-order valence-electron chi connectivity index (χ1n) is 3.66. The van der Waals surface area contributed by atoms with Crippen LogP contribution < -0.4 is 0 Å². The lowest BCUT2D eigenvalue weighted by molar-refractivity contribution is 0.151. The molecule has 1 aromatic carbocycles. The van der Waals surface area contributed by atoms with E-state index in [1.54, 1.807) is 0 Å². The molecule has 0 atom stereocenters. The van der Waals surface area contributed by atoms with Gasteiger partial charge in [-0.3, -0.25) is 5.41 Å². The summed E-state index contributed by atoms with van der Waals surface area (Å²) < 4.78 is 28.8. The molecule has 0 amide bonds. The summed E-state index contributed by atoms with van der Waals surface area (Å²) in [4.78, 5) is 0. The third-order valence-electron chi connectivity index (χ3n) is 1.63. The quantitative estimate of drug-likeness (QED) is 0.557. The lowest BCUT2D eigenvalue weighted by atomic mass is 10.1. The Kier molecular flexibility index (Phi) is 2.95. The highest BCUT2D eigenvalue weighted by Crippen LogP contribution is 2.18. The zero-order valence-corrected chi connectivity index (χ0v) is 7.05. The number of benzene rings is 1. The van der Waals surface area contributed by atoms with Gasteiger partial charge in [-0.1, -0.05) is 12.1 Å². The van der Waals surface area contributed by atoms with Gasteiger partial charge in [-0.2, -0.15) is 0 Å². The zero-order chi connectivity index (χ0) is 9.84. The van der Waals surface area contributed by atoms with Crippen LogP contribution in [0.2, 0.25) is 0 Å². The molecule has 4 heteroatoms. The van der Waals surface area contributed by atoms with Gasteiger partial charge in [0.15, 0.2) is 0 Å². The lowest BCUT2D eigenvalue weighted by Crippen LogP contribution is -2.00. The highest BCUT2D eigenvalue weighted by molar-refractivity contribution is 5.91. The molecule has 0 spiro atoms. The fourth-order valence-electron chi connectivity index (χ4n) is 0.898. The molecule has 13 heavy (non-hydrogen) atoms. The van der Waals surface area contributed by atoms with Gasteiger partial charge >= 0.3 is 0 Å². The van der Waals surface area contributed by atoms with Crippen molar-refractivity contribution in [3.8, 4) is 0 Å². The van der Waals surface area contributed by atoms with Gasteiger partial charge in [0, 0.05) is 11.1 Å². The molecule has 1 aromatic rings. The van der Waals surface area contributed by atoms with Crippen LogP contribution in [0.15, 0.2) is 24.3 Å². The molecule has 2 nitrogen and oxygen atoms in total. The molecule has 0 aliphatic rings. The molecule has 0 aromatic heterocycles. The molecule has 0 saturated heterocycles. The third-order valence-corrected chi connectivity index (χ3v) is 1.63. The SMILES string of the molecule is COC(=N)c1ccc(C(F)F)cc1. The van der Waals surface area contributed by atoms with E-state index in [1.165, 1.54) is 31.4 Å². The maximum Gasteiger partial charge on any atom is 0.263 e. The fourth-order valence-corrected chi connectivity index (χ4v) is 0.898. The van der Waals surface area contributed by atoms with Crippen molar-refractivity contribution in [1.29, 1.82) is 5.41 Å². The summed E-state index contributed by atoms with van der Waals surface area (Å²) in [6.07, 6.45) is -2.47. The Morgan fingerprint density at radius 2 is 1.85 bits per heavy atom. The van der Waals surface area contributed by atoms with Gasteiger partial charge in [-0.15, -0.1) is 0 Å². The number of rotatable bonds is 2. The Bertz CT molecular complexity index is 295. The monoisotopic (exact) mass is 185 g/mol. The maximum atomic E-state index is 12.1. The number of hydrogen-bond acceptors (Lipinski definition) is 2. The molecule has 70 valence electrons. The summed E-state index contributed by atoms with van der Waals surface area (Å²) in [6, 6.07) is 5.45. The second-order valence-corrected chi connectivity index (χ2v) is 2.46. The molecule has 1 N–H and O–H groups in total. The Morgan fingerprint density at radius 3 is 2.23 bits per heavy atom. The topological polar surface area (TPSA) is 33.1 Å². The van der Waals surface area contributed by atoms with Crippen molar-refractivity contribution < 1.29 is 13.5 Å². The van der Waals surface area contributed by atoms with Crippen LogP contribution in [-0.2, 0) is 4.74 Å².